The van der Waals surface area contributed by atoms with E-state index in [2.05, 4.69) is 16.0 Å². The zero-order valence-corrected chi connectivity index (χ0v) is 13.3. The van der Waals surface area contributed by atoms with E-state index in [1.807, 2.05) is 6.92 Å². The number of benzene rings is 1. The van der Waals surface area contributed by atoms with E-state index in [1.165, 1.54) is 23.1 Å². The van der Waals surface area contributed by atoms with Gasteiger partial charge in [-0.25, -0.2) is 9.18 Å². The summed E-state index contributed by atoms with van der Waals surface area (Å²) in [5.74, 6) is -1.09. The molecule has 1 aromatic rings. The van der Waals surface area contributed by atoms with Crippen molar-refractivity contribution in [2.24, 2.45) is 0 Å². The van der Waals surface area contributed by atoms with Gasteiger partial charge in [-0.15, -0.1) is 12.4 Å². The van der Waals surface area contributed by atoms with Crippen LogP contribution in [-0.2, 0) is 0 Å². The monoisotopic (exact) mass is 330 g/mol. The number of rotatable bonds is 5. The first-order chi connectivity index (χ1) is 10.0. The van der Waals surface area contributed by atoms with Gasteiger partial charge < -0.3 is 16.0 Å². The lowest BCUT2D eigenvalue weighted by Gasteiger charge is -2.16. The van der Waals surface area contributed by atoms with Gasteiger partial charge in [0, 0.05) is 31.4 Å². The van der Waals surface area contributed by atoms with Crippen molar-refractivity contribution in [1.29, 1.82) is 0 Å². The van der Waals surface area contributed by atoms with Crippen LogP contribution in [-0.4, -0.2) is 44.7 Å². The van der Waals surface area contributed by atoms with Gasteiger partial charge in [-0.3, -0.25) is 9.69 Å². The molecule has 1 aliphatic heterocycles. The molecule has 6 nitrogen and oxygen atoms in total. The van der Waals surface area contributed by atoms with Crippen LogP contribution in [0.2, 0.25) is 0 Å². The molecule has 3 N–H and O–H groups in total. The molecule has 8 heteroatoms. The minimum Gasteiger partial charge on any atom is -0.350 e. The molecule has 1 aliphatic rings. The first-order valence-electron chi connectivity index (χ1n) is 6.83. The topological polar surface area (TPSA) is 73.5 Å². The largest absolute Gasteiger partial charge is 0.350 e. The number of hydrogen-bond acceptors (Lipinski definition) is 3. The average molecular weight is 331 g/mol. The molecule has 0 aliphatic carbocycles. The average Bonchev–Trinajstić information content (AvgIpc) is 2.91. The van der Waals surface area contributed by atoms with Crippen LogP contribution in [0.5, 0.6) is 0 Å². The minimum atomic E-state index is -0.604. The van der Waals surface area contributed by atoms with Gasteiger partial charge in [0.1, 0.15) is 5.82 Å². The Hall–Kier alpha value is -1.86. The molecule has 1 fully saturated rings. The van der Waals surface area contributed by atoms with E-state index in [1.54, 1.807) is 7.05 Å². The first-order valence-corrected chi connectivity index (χ1v) is 6.83. The minimum absolute atomic E-state index is 0. The Labute approximate surface area is 134 Å². The van der Waals surface area contributed by atoms with Crippen molar-refractivity contribution in [3.63, 3.8) is 0 Å². The number of carbonyl (C=O) groups is 2. The fourth-order valence-electron chi connectivity index (χ4n) is 2.02. The van der Waals surface area contributed by atoms with Crippen LogP contribution in [0.25, 0.3) is 0 Å². The predicted molar refractivity (Wildman–Crippen MR) is 85.2 cm³/mol. The van der Waals surface area contributed by atoms with E-state index in [9.17, 15) is 14.0 Å². The van der Waals surface area contributed by atoms with E-state index in [-0.39, 0.29) is 30.0 Å². The second-order valence-electron chi connectivity index (χ2n) is 4.95. The van der Waals surface area contributed by atoms with Gasteiger partial charge in [0.15, 0.2) is 0 Å². The lowest BCUT2D eigenvalue weighted by Crippen LogP contribution is -2.37. The van der Waals surface area contributed by atoms with Crippen LogP contribution in [0.3, 0.4) is 0 Å². The Morgan fingerprint density at radius 2 is 2.23 bits per heavy atom. The molecule has 0 spiro atoms. The summed E-state index contributed by atoms with van der Waals surface area (Å²) in [6.45, 7) is 3.34. The van der Waals surface area contributed by atoms with Gasteiger partial charge in [-0.1, -0.05) is 0 Å². The van der Waals surface area contributed by atoms with Crippen LogP contribution in [0, 0.1) is 5.82 Å². The summed E-state index contributed by atoms with van der Waals surface area (Å²) in [6, 6.07) is 3.95. The number of carbonyl (C=O) groups excluding carboxylic acids is 2. The molecular weight excluding hydrogens is 311 g/mol. The summed E-state index contributed by atoms with van der Waals surface area (Å²) in [7, 11) is 1.78. The van der Waals surface area contributed by atoms with Crippen molar-refractivity contribution in [2.75, 3.05) is 31.6 Å². The Morgan fingerprint density at radius 3 is 2.82 bits per heavy atom. The van der Waals surface area contributed by atoms with Crippen LogP contribution in [0.1, 0.15) is 17.3 Å². The Morgan fingerprint density at radius 1 is 1.50 bits per heavy atom. The molecule has 1 saturated heterocycles. The van der Waals surface area contributed by atoms with Crippen LogP contribution in [0.15, 0.2) is 18.2 Å². The molecule has 122 valence electrons. The number of hydrogen-bond donors (Lipinski definition) is 3. The van der Waals surface area contributed by atoms with Gasteiger partial charge in [0.2, 0.25) is 0 Å². The molecule has 0 aromatic heterocycles. The van der Waals surface area contributed by atoms with Crippen molar-refractivity contribution in [2.45, 2.75) is 13.0 Å². The highest BCUT2D eigenvalue weighted by atomic mass is 35.5. The molecule has 0 bridgehead atoms. The van der Waals surface area contributed by atoms with Crippen LogP contribution >= 0.6 is 12.4 Å². The summed E-state index contributed by atoms with van der Waals surface area (Å²) in [6.07, 6.45) is 0. The van der Waals surface area contributed by atoms with Gasteiger partial charge in [0.25, 0.3) is 5.91 Å². The summed E-state index contributed by atoms with van der Waals surface area (Å²) < 4.78 is 13.8. The highest BCUT2D eigenvalue weighted by Crippen LogP contribution is 2.20. The number of urea groups is 1. The second kappa shape index (κ2) is 7.95. The predicted octanol–water partition coefficient (Wildman–Crippen LogP) is 1.11. The first kappa shape index (κ1) is 18.2. The van der Waals surface area contributed by atoms with Crippen LogP contribution < -0.4 is 20.9 Å². The second-order valence-corrected chi connectivity index (χ2v) is 4.95. The zero-order valence-electron chi connectivity index (χ0n) is 12.5. The van der Waals surface area contributed by atoms with Crippen molar-refractivity contribution in [1.82, 2.24) is 16.0 Å². The molecular formula is C14H20ClFN4O2. The molecule has 1 heterocycles. The third-order valence-electron chi connectivity index (χ3n) is 3.42. The lowest BCUT2D eigenvalue weighted by atomic mass is 10.1. The molecule has 0 saturated carbocycles. The van der Waals surface area contributed by atoms with E-state index in [4.69, 9.17) is 0 Å². The Balaban J connectivity index is 0.00000242. The molecule has 1 unspecified atom stereocenters. The fourth-order valence-corrected chi connectivity index (χ4v) is 2.02. The molecule has 2 rings (SSSR count). The third-order valence-corrected chi connectivity index (χ3v) is 3.42. The fraction of sp³-hybridized carbons (Fsp3) is 0.429. The number of likely N-dealkylation sites (N-methyl/N-ethyl adjacent to an activating group) is 1. The van der Waals surface area contributed by atoms with Gasteiger partial charge in [-0.2, -0.15) is 0 Å². The highest BCUT2D eigenvalue weighted by molar-refractivity contribution is 5.98. The zero-order chi connectivity index (χ0) is 15.4. The highest BCUT2D eigenvalue weighted by Gasteiger charge is 2.23. The molecule has 0 radical (unpaired) electrons. The molecule has 3 amide bonds. The summed E-state index contributed by atoms with van der Waals surface area (Å²) in [5, 5.41) is 8.30. The number of halogens is 2. The van der Waals surface area contributed by atoms with Crippen molar-refractivity contribution >= 4 is 30.0 Å². The maximum absolute atomic E-state index is 13.8. The number of nitrogens with zero attached hydrogens (tertiary/aromatic N) is 1. The number of nitrogens with one attached hydrogen (secondary N) is 3. The molecule has 22 heavy (non-hydrogen) atoms. The van der Waals surface area contributed by atoms with Gasteiger partial charge in [0.05, 0.1) is 5.56 Å². The maximum Gasteiger partial charge on any atom is 0.321 e. The maximum atomic E-state index is 13.8. The molecule has 1 aromatic carbocycles. The smallest absolute Gasteiger partial charge is 0.321 e. The Bertz CT molecular complexity index is 556. The van der Waals surface area contributed by atoms with Crippen LogP contribution in [0.4, 0.5) is 14.9 Å². The lowest BCUT2D eigenvalue weighted by molar-refractivity contribution is 0.0946. The van der Waals surface area contributed by atoms with Crippen molar-refractivity contribution in [3.05, 3.63) is 29.6 Å². The van der Waals surface area contributed by atoms with E-state index in [0.29, 0.717) is 25.3 Å². The molecule has 1 atom stereocenters. The number of amides is 3. The van der Waals surface area contributed by atoms with Gasteiger partial charge >= 0.3 is 6.03 Å². The van der Waals surface area contributed by atoms with E-state index in [0.717, 1.165) is 0 Å². The van der Waals surface area contributed by atoms with Gasteiger partial charge in [-0.05, 0) is 32.2 Å². The van der Waals surface area contributed by atoms with Crippen molar-refractivity contribution in [3.8, 4) is 0 Å². The summed E-state index contributed by atoms with van der Waals surface area (Å²) in [4.78, 5) is 25.1. The van der Waals surface area contributed by atoms with E-state index >= 15 is 0 Å². The Kier molecular flexibility index (Phi) is 6.58. The quantitative estimate of drug-likeness (QED) is 0.757. The number of anilines is 1. The summed E-state index contributed by atoms with van der Waals surface area (Å²) >= 11 is 0. The SMILES string of the molecule is CNC(C)CNC(=O)c1cc(N2CCNC2=O)ccc1F.Cl. The van der Waals surface area contributed by atoms with Crippen molar-refractivity contribution < 1.29 is 14.0 Å². The summed E-state index contributed by atoms with van der Waals surface area (Å²) in [5.41, 5.74) is 0.453. The normalized spacial score (nSPS) is 15.0. The standard InChI is InChI=1S/C14H19FN4O2.ClH/c1-9(16-2)8-18-13(20)11-7-10(3-4-12(11)15)19-6-5-17-14(19)21;/h3-4,7,9,16H,5-6,8H2,1-2H3,(H,17,21)(H,18,20);1H. The third kappa shape index (κ3) is 4.08. The van der Waals surface area contributed by atoms with E-state index < -0.39 is 11.7 Å².